The normalized spacial score (nSPS) is 21.7. The van der Waals surface area contributed by atoms with Gasteiger partial charge < -0.3 is 4.90 Å². The Kier molecular flexibility index (Phi) is 3.36. The molecule has 82 valence electrons. The van der Waals surface area contributed by atoms with Gasteiger partial charge in [-0.3, -0.25) is 4.39 Å². The monoisotopic (exact) mass is 229 g/mol. The van der Waals surface area contributed by atoms with Crippen LogP contribution in [-0.4, -0.2) is 29.7 Å². The van der Waals surface area contributed by atoms with Crippen molar-refractivity contribution in [2.24, 2.45) is 5.92 Å². The van der Waals surface area contributed by atoms with Gasteiger partial charge in [0.25, 0.3) is 0 Å². The molecule has 3 nitrogen and oxygen atoms in total. The molecule has 5 heteroatoms. The predicted molar refractivity (Wildman–Crippen MR) is 58.0 cm³/mol. The molecule has 1 aliphatic rings. The van der Waals surface area contributed by atoms with E-state index in [1.165, 1.54) is 0 Å². The van der Waals surface area contributed by atoms with Gasteiger partial charge in [-0.15, -0.1) is 0 Å². The van der Waals surface area contributed by atoms with Crippen LogP contribution in [-0.2, 0) is 0 Å². The van der Waals surface area contributed by atoms with Crippen molar-refractivity contribution in [3.05, 3.63) is 17.5 Å². The van der Waals surface area contributed by atoms with Gasteiger partial charge in [0.1, 0.15) is 0 Å². The van der Waals surface area contributed by atoms with E-state index in [1.54, 1.807) is 12.4 Å². The molecule has 1 fully saturated rings. The first-order chi connectivity index (χ1) is 7.31. The lowest BCUT2D eigenvalue weighted by Gasteiger charge is -2.32. The number of hydrogen-bond donors (Lipinski definition) is 0. The molecule has 2 heterocycles. The number of anilines is 1. The summed E-state index contributed by atoms with van der Waals surface area (Å²) in [6.07, 6.45) is 5.11. The molecule has 0 spiro atoms. The fraction of sp³-hybridized carbons (Fsp3) is 0.600. The van der Waals surface area contributed by atoms with E-state index < -0.39 is 0 Å². The number of alkyl halides is 1. The minimum Gasteiger partial charge on any atom is -0.354 e. The lowest BCUT2D eigenvalue weighted by Crippen LogP contribution is -2.37. The summed E-state index contributed by atoms with van der Waals surface area (Å²) in [6, 6.07) is 0. The highest BCUT2D eigenvalue weighted by Gasteiger charge is 2.22. The third-order valence-electron chi connectivity index (χ3n) is 2.67. The Balaban J connectivity index is 2.13. The Morgan fingerprint density at radius 3 is 3.00 bits per heavy atom. The van der Waals surface area contributed by atoms with Crippen LogP contribution in [0.1, 0.15) is 12.8 Å². The third kappa shape index (κ3) is 2.37. The van der Waals surface area contributed by atoms with E-state index in [9.17, 15) is 4.39 Å². The summed E-state index contributed by atoms with van der Waals surface area (Å²) >= 11 is 5.94. The molecule has 0 saturated carbocycles. The lowest BCUT2D eigenvalue weighted by atomic mass is 10.00. The zero-order chi connectivity index (χ0) is 10.7. The molecule has 1 aliphatic heterocycles. The molecule has 1 saturated heterocycles. The Bertz CT molecular complexity index is 334. The number of hydrogen-bond acceptors (Lipinski definition) is 3. The van der Waals surface area contributed by atoms with Gasteiger partial charge in [-0.05, 0) is 12.8 Å². The number of nitrogens with zero attached hydrogens (tertiary/aromatic N) is 3. The highest BCUT2D eigenvalue weighted by Crippen LogP contribution is 2.25. The Morgan fingerprint density at radius 2 is 2.27 bits per heavy atom. The van der Waals surface area contributed by atoms with Gasteiger partial charge in [0.2, 0.25) is 0 Å². The van der Waals surface area contributed by atoms with Crippen LogP contribution in [0.2, 0.25) is 5.15 Å². The molecule has 2 rings (SSSR count). The van der Waals surface area contributed by atoms with Crippen molar-refractivity contribution in [1.82, 2.24) is 9.97 Å². The van der Waals surface area contributed by atoms with Crippen molar-refractivity contribution in [2.75, 3.05) is 24.7 Å². The van der Waals surface area contributed by atoms with Gasteiger partial charge in [-0.2, -0.15) is 0 Å². The molecule has 0 aliphatic carbocycles. The molecule has 1 aromatic rings. The van der Waals surface area contributed by atoms with Crippen molar-refractivity contribution in [3.8, 4) is 0 Å². The van der Waals surface area contributed by atoms with Crippen LogP contribution in [0.25, 0.3) is 0 Å². The Hall–Kier alpha value is -0.900. The summed E-state index contributed by atoms with van der Waals surface area (Å²) in [5, 5.41) is 0.400. The molecular weight excluding hydrogens is 217 g/mol. The average molecular weight is 230 g/mol. The van der Waals surface area contributed by atoms with Gasteiger partial charge in [0.15, 0.2) is 11.0 Å². The summed E-state index contributed by atoms with van der Waals surface area (Å²) in [7, 11) is 0. The van der Waals surface area contributed by atoms with Crippen LogP contribution >= 0.6 is 11.6 Å². The van der Waals surface area contributed by atoms with Gasteiger partial charge in [0, 0.05) is 31.4 Å². The van der Waals surface area contributed by atoms with E-state index in [2.05, 4.69) is 9.97 Å². The number of piperidine rings is 1. The summed E-state index contributed by atoms with van der Waals surface area (Å²) in [5.41, 5.74) is 0. The van der Waals surface area contributed by atoms with Gasteiger partial charge in [-0.1, -0.05) is 11.6 Å². The Morgan fingerprint density at radius 1 is 1.47 bits per heavy atom. The SMILES string of the molecule is FC[C@H]1CCCN(c2nccnc2Cl)C1. The highest BCUT2D eigenvalue weighted by atomic mass is 35.5. The lowest BCUT2D eigenvalue weighted by molar-refractivity contribution is 0.315. The van der Waals surface area contributed by atoms with Crippen LogP contribution in [0, 0.1) is 5.92 Å². The van der Waals surface area contributed by atoms with Crippen molar-refractivity contribution >= 4 is 17.4 Å². The molecule has 1 aromatic heterocycles. The van der Waals surface area contributed by atoms with E-state index in [4.69, 9.17) is 11.6 Å². The zero-order valence-corrected chi connectivity index (χ0v) is 9.12. The van der Waals surface area contributed by atoms with E-state index in [1.807, 2.05) is 4.90 Å². The fourth-order valence-corrected chi connectivity index (χ4v) is 2.13. The minimum absolute atomic E-state index is 0.108. The van der Waals surface area contributed by atoms with E-state index in [-0.39, 0.29) is 12.6 Å². The topological polar surface area (TPSA) is 29.0 Å². The molecule has 1 atom stereocenters. The third-order valence-corrected chi connectivity index (χ3v) is 2.94. The maximum absolute atomic E-state index is 12.6. The van der Waals surface area contributed by atoms with Crippen molar-refractivity contribution in [1.29, 1.82) is 0 Å². The number of rotatable bonds is 2. The second-order valence-corrected chi connectivity index (χ2v) is 4.14. The van der Waals surface area contributed by atoms with Gasteiger partial charge in [0.05, 0.1) is 6.67 Å². The molecule has 0 bridgehead atoms. The second kappa shape index (κ2) is 4.75. The van der Waals surface area contributed by atoms with Crippen LogP contribution in [0.15, 0.2) is 12.4 Å². The molecule has 0 radical (unpaired) electrons. The maximum Gasteiger partial charge on any atom is 0.171 e. The quantitative estimate of drug-likeness (QED) is 0.780. The maximum atomic E-state index is 12.6. The first-order valence-electron chi connectivity index (χ1n) is 5.08. The van der Waals surface area contributed by atoms with Crippen molar-refractivity contribution in [3.63, 3.8) is 0 Å². The van der Waals surface area contributed by atoms with Crippen LogP contribution in [0.3, 0.4) is 0 Å². The largest absolute Gasteiger partial charge is 0.354 e. The smallest absolute Gasteiger partial charge is 0.171 e. The van der Waals surface area contributed by atoms with Crippen molar-refractivity contribution < 1.29 is 4.39 Å². The van der Waals surface area contributed by atoms with Crippen LogP contribution in [0.4, 0.5) is 10.2 Å². The van der Waals surface area contributed by atoms with Crippen LogP contribution in [0.5, 0.6) is 0 Å². The highest BCUT2D eigenvalue weighted by molar-refractivity contribution is 6.31. The molecule has 15 heavy (non-hydrogen) atoms. The zero-order valence-electron chi connectivity index (χ0n) is 8.37. The first kappa shape index (κ1) is 10.6. The van der Waals surface area contributed by atoms with Gasteiger partial charge in [-0.25, -0.2) is 9.97 Å². The Labute approximate surface area is 93.3 Å². The first-order valence-corrected chi connectivity index (χ1v) is 5.46. The number of aromatic nitrogens is 2. The molecule has 0 unspecified atom stereocenters. The molecule has 0 N–H and O–H groups in total. The fourth-order valence-electron chi connectivity index (χ4n) is 1.91. The van der Waals surface area contributed by atoms with Crippen molar-refractivity contribution in [2.45, 2.75) is 12.8 Å². The molecular formula is C10H13ClFN3. The summed E-state index contributed by atoms with van der Waals surface area (Å²) < 4.78 is 12.6. The number of halogens is 2. The molecule has 0 amide bonds. The second-order valence-electron chi connectivity index (χ2n) is 3.78. The average Bonchev–Trinajstić information content (AvgIpc) is 2.30. The minimum atomic E-state index is -0.269. The van der Waals surface area contributed by atoms with E-state index in [0.717, 1.165) is 19.4 Å². The van der Waals surface area contributed by atoms with Crippen LogP contribution < -0.4 is 4.90 Å². The van der Waals surface area contributed by atoms with E-state index >= 15 is 0 Å². The predicted octanol–water partition coefficient (Wildman–Crippen LogP) is 2.32. The van der Waals surface area contributed by atoms with Gasteiger partial charge >= 0.3 is 0 Å². The summed E-state index contributed by atoms with van der Waals surface area (Å²) in [6.45, 7) is 1.30. The summed E-state index contributed by atoms with van der Waals surface area (Å²) in [4.78, 5) is 10.2. The molecule has 0 aromatic carbocycles. The summed E-state index contributed by atoms with van der Waals surface area (Å²) in [5.74, 6) is 0.786. The standard InChI is InChI=1S/C10H13ClFN3/c11-9-10(14-4-3-13-9)15-5-1-2-8(6-12)7-15/h3-4,8H,1-2,5-7H2/t8-/m1/s1. The van der Waals surface area contributed by atoms with E-state index in [0.29, 0.717) is 17.5 Å².